The second kappa shape index (κ2) is 9.30. The number of hydrogen-bond acceptors (Lipinski definition) is 4. The number of halogens is 3. The third kappa shape index (κ3) is 5.30. The lowest BCUT2D eigenvalue weighted by molar-refractivity contribution is -0.137. The minimum atomic E-state index is -4.55. The van der Waals surface area contributed by atoms with Crippen molar-refractivity contribution >= 4 is 29.0 Å². The topological polar surface area (TPSA) is 88.4 Å². The number of benzene rings is 1. The van der Waals surface area contributed by atoms with Crippen LogP contribution in [0.5, 0.6) is 0 Å². The molecule has 0 saturated carbocycles. The van der Waals surface area contributed by atoms with Crippen molar-refractivity contribution in [3.8, 4) is 11.8 Å². The van der Waals surface area contributed by atoms with E-state index in [4.69, 9.17) is 0 Å². The molecule has 0 aliphatic carbocycles. The average molecular weight is 477 g/mol. The summed E-state index contributed by atoms with van der Waals surface area (Å²) in [4.78, 5) is 32.4. The summed E-state index contributed by atoms with van der Waals surface area (Å²) in [6.07, 6.45) is 1.53. The second-order valence-corrected chi connectivity index (χ2v) is 7.61. The van der Waals surface area contributed by atoms with Crippen LogP contribution < -0.4 is 10.6 Å². The van der Waals surface area contributed by atoms with Gasteiger partial charge < -0.3 is 15.0 Å². The Morgan fingerprint density at radius 3 is 2.46 bits per heavy atom. The van der Waals surface area contributed by atoms with Crippen LogP contribution in [-0.2, 0) is 11.0 Å². The molecule has 0 spiro atoms. The van der Waals surface area contributed by atoms with E-state index in [1.54, 1.807) is 41.2 Å². The zero-order chi connectivity index (χ0) is 25.2. The summed E-state index contributed by atoms with van der Waals surface area (Å²) in [6, 6.07) is 8.09. The van der Waals surface area contributed by atoms with Gasteiger partial charge in [0.1, 0.15) is 11.5 Å². The van der Waals surface area contributed by atoms with Crippen molar-refractivity contribution in [3.63, 3.8) is 0 Å². The first-order valence-corrected chi connectivity index (χ1v) is 10.3. The highest BCUT2D eigenvalue weighted by Crippen LogP contribution is 2.30. The number of imidazole rings is 1. The van der Waals surface area contributed by atoms with Gasteiger partial charge in [0.15, 0.2) is 5.65 Å². The summed E-state index contributed by atoms with van der Waals surface area (Å²) in [5, 5.41) is 5.13. The van der Waals surface area contributed by atoms with Gasteiger partial charge in [-0.1, -0.05) is 17.9 Å². The Balaban J connectivity index is 1.64. The lowest BCUT2D eigenvalue weighted by Crippen LogP contribution is -2.14. The van der Waals surface area contributed by atoms with Crippen LogP contribution in [0.1, 0.15) is 39.5 Å². The molecule has 0 fully saturated rings. The maximum absolute atomic E-state index is 12.9. The molecule has 0 unspecified atom stereocenters. The average Bonchev–Trinajstić information content (AvgIpc) is 3.28. The zero-order valence-electron chi connectivity index (χ0n) is 18.6. The molecule has 0 bridgehead atoms. The van der Waals surface area contributed by atoms with Gasteiger partial charge in [0.05, 0.1) is 11.1 Å². The van der Waals surface area contributed by atoms with Gasteiger partial charge in [-0.3, -0.25) is 9.59 Å². The standard InChI is InChI=1S/C25H18F3N5O2/c1-15-3-4-19(24(35)32-21-14-20(7-9-29-21)25(26,27)28)13-18(15)6-5-17-8-11-33-12-10-30-23(33)22(17)31-16(2)34/h3-4,7-14H,1-2H3,(H,31,34)(H,29,32,35). The highest BCUT2D eigenvalue weighted by Gasteiger charge is 2.30. The van der Waals surface area contributed by atoms with E-state index >= 15 is 0 Å². The van der Waals surface area contributed by atoms with E-state index in [9.17, 15) is 22.8 Å². The molecule has 0 atom stereocenters. The van der Waals surface area contributed by atoms with Crippen molar-refractivity contribution < 1.29 is 22.8 Å². The molecule has 0 radical (unpaired) electrons. The number of alkyl halides is 3. The predicted molar refractivity (Wildman–Crippen MR) is 124 cm³/mol. The summed E-state index contributed by atoms with van der Waals surface area (Å²) >= 11 is 0. The van der Waals surface area contributed by atoms with Crippen LogP contribution in [0.25, 0.3) is 5.65 Å². The fraction of sp³-hybridized carbons (Fsp3) is 0.120. The van der Waals surface area contributed by atoms with Gasteiger partial charge in [0, 0.05) is 42.8 Å². The number of anilines is 2. The molecular formula is C25H18F3N5O2. The van der Waals surface area contributed by atoms with Crippen molar-refractivity contribution in [1.82, 2.24) is 14.4 Å². The number of nitrogens with one attached hydrogen (secondary N) is 2. The van der Waals surface area contributed by atoms with Gasteiger partial charge >= 0.3 is 6.18 Å². The van der Waals surface area contributed by atoms with Gasteiger partial charge in [0.2, 0.25) is 5.91 Å². The van der Waals surface area contributed by atoms with Gasteiger partial charge in [-0.05, 0) is 42.8 Å². The van der Waals surface area contributed by atoms with Crippen LogP contribution in [0, 0.1) is 18.8 Å². The lowest BCUT2D eigenvalue weighted by Gasteiger charge is -2.10. The molecule has 0 aliphatic rings. The van der Waals surface area contributed by atoms with Crippen molar-refractivity contribution in [2.24, 2.45) is 0 Å². The molecule has 176 valence electrons. The Labute approximate surface area is 198 Å². The van der Waals surface area contributed by atoms with Crippen molar-refractivity contribution in [2.75, 3.05) is 10.6 Å². The molecule has 1 aromatic carbocycles. The van der Waals surface area contributed by atoms with Crippen LogP contribution in [0.3, 0.4) is 0 Å². The SMILES string of the molecule is CC(=O)Nc1c(C#Cc2cc(C(=O)Nc3cc(C(F)(F)F)ccn3)ccc2C)ccn2ccnc12. The number of aryl methyl sites for hydroxylation is 1. The number of aromatic nitrogens is 3. The van der Waals surface area contributed by atoms with Gasteiger partial charge in [-0.15, -0.1) is 0 Å². The molecule has 2 N–H and O–H groups in total. The minimum Gasteiger partial charge on any atom is -0.322 e. The maximum atomic E-state index is 12.9. The molecule has 2 amide bonds. The van der Waals surface area contributed by atoms with Gasteiger partial charge in [0.25, 0.3) is 5.91 Å². The molecule has 4 aromatic rings. The number of pyridine rings is 2. The summed E-state index contributed by atoms with van der Waals surface area (Å²) in [6.45, 7) is 3.20. The Morgan fingerprint density at radius 2 is 1.71 bits per heavy atom. The van der Waals surface area contributed by atoms with Crippen LogP contribution in [-0.4, -0.2) is 26.2 Å². The Bertz CT molecular complexity index is 1510. The van der Waals surface area contributed by atoms with Crippen molar-refractivity contribution in [3.05, 3.63) is 89.0 Å². The first-order chi connectivity index (χ1) is 16.6. The summed E-state index contributed by atoms with van der Waals surface area (Å²) in [7, 11) is 0. The lowest BCUT2D eigenvalue weighted by atomic mass is 10.0. The van der Waals surface area contributed by atoms with E-state index in [0.29, 0.717) is 22.5 Å². The largest absolute Gasteiger partial charge is 0.416 e. The first kappa shape index (κ1) is 23.5. The molecule has 10 heteroatoms. The van der Waals surface area contributed by atoms with E-state index in [2.05, 4.69) is 32.4 Å². The van der Waals surface area contributed by atoms with Crippen LogP contribution >= 0.6 is 0 Å². The van der Waals surface area contributed by atoms with Crippen LogP contribution in [0.2, 0.25) is 0 Å². The molecule has 3 aromatic heterocycles. The molecule has 35 heavy (non-hydrogen) atoms. The summed E-state index contributed by atoms with van der Waals surface area (Å²) in [5.74, 6) is 4.90. The van der Waals surface area contributed by atoms with Crippen LogP contribution in [0.15, 0.2) is 61.2 Å². The van der Waals surface area contributed by atoms with Gasteiger partial charge in [-0.25, -0.2) is 9.97 Å². The number of fused-ring (bicyclic) bond motifs is 1. The maximum Gasteiger partial charge on any atom is 0.416 e. The van der Waals surface area contributed by atoms with Crippen LogP contribution in [0.4, 0.5) is 24.7 Å². The summed E-state index contributed by atoms with van der Waals surface area (Å²) in [5.41, 5.74) is 2.12. The molecule has 4 rings (SSSR count). The predicted octanol–water partition coefficient (Wildman–Crippen LogP) is 4.67. The van der Waals surface area contributed by atoms with Crippen molar-refractivity contribution in [2.45, 2.75) is 20.0 Å². The van der Waals surface area contributed by atoms with E-state index in [1.165, 1.54) is 13.0 Å². The first-order valence-electron chi connectivity index (χ1n) is 10.3. The van der Waals surface area contributed by atoms with E-state index in [1.807, 2.05) is 6.92 Å². The highest BCUT2D eigenvalue weighted by atomic mass is 19.4. The summed E-state index contributed by atoms with van der Waals surface area (Å²) < 4.78 is 40.5. The molecule has 3 heterocycles. The fourth-order valence-electron chi connectivity index (χ4n) is 3.29. The number of hydrogen-bond donors (Lipinski definition) is 2. The highest BCUT2D eigenvalue weighted by molar-refractivity contribution is 6.04. The monoisotopic (exact) mass is 477 g/mol. The molecule has 0 aliphatic heterocycles. The third-order valence-corrected chi connectivity index (χ3v) is 5.02. The third-order valence-electron chi connectivity index (χ3n) is 5.02. The molecule has 7 nitrogen and oxygen atoms in total. The normalized spacial score (nSPS) is 11.0. The van der Waals surface area contributed by atoms with Crippen molar-refractivity contribution in [1.29, 1.82) is 0 Å². The van der Waals surface area contributed by atoms with E-state index in [0.717, 1.165) is 23.9 Å². The number of rotatable bonds is 3. The smallest absolute Gasteiger partial charge is 0.322 e. The minimum absolute atomic E-state index is 0.199. The van der Waals surface area contributed by atoms with E-state index < -0.39 is 17.6 Å². The number of amides is 2. The number of carbonyl (C=O) groups is 2. The Morgan fingerprint density at radius 1 is 0.943 bits per heavy atom. The van der Waals surface area contributed by atoms with Gasteiger partial charge in [-0.2, -0.15) is 13.2 Å². The zero-order valence-corrected chi connectivity index (χ0v) is 18.6. The fourth-order valence-corrected chi connectivity index (χ4v) is 3.29. The Hall–Kier alpha value is -4.65. The number of carbonyl (C=O) groups excluding carboxylic acids is 2. The Kier molecular flexibility index (Phi) is 6.25. The van der Waals surface area contributed by atoms with E-state index in [-0.39, 0.29) is 17.3 Å². The quantitative estimate of drug-likeness (QED) is 0.420. The molecule has 0 saturated heterocycles. The second-order valence-electron chi connectivity index (χ2n) is 7.61. The number of nitrogens with zero attached hydrogens (tertiary/aromatic N) is 3. The molecular weight excluding hydrogens is 459 g/mol.